The number of fused-ring (bicyclic) bond motifs is 2. The number of benzene rings is 3. The molecule has 6 rings (SSSR count). The summed E-state index contributed by atoms with van der Waals surface area (Å²) in [6, 6.07) is 17.4. The zero-order valence-corrected chi connectivity index (χ0v) is 29.5. The van der Waals surface area contributed by atoms with Crippen LogP contribution in [0.3, 0.4) is 0 Å². The molecule has 0 saturated carbocycles. The van der Waals surface area contributed by atoms with Crippen molar-refractivity contribution in [1.29, 1.82) is 0 Å². The van der Waals surface area contributed by atoms with Gasteiger partial charge in [0.25, 0.3) is 5.91 Å². The van der Waals surface area contributed by atoms with Crippen molar-refractivity contribution < 1.29 is 47.2 Å². The highest BCUT2D eigenvalue weighted by atomic mass is 32.2. The summed E-state index contributed by atoms with van der Waals surface area (Å²) in [5.74, 6) is -0.436. The molecule has 0 unspecified atom stereocenters. The van der Waals surface area contributed by atoms with Gasteiger partial charge in [0.05, 0.1) is 43.3 Å². The van der Waals surface area contributed by atoms with E-state index in [0.29, 0.717) is 29.8 Å². The second-order valence-electron chi connectivity index (χ2n) is 13.3. The molecule has 4 N–H and O–H groups in total. The van der Waals surface area contributed by atoms with Crippen LogP contribution in [0.1, 0.15) is 37.0 Å². The zero-order valence-electron chi connectivity index (χ0n) is 28.7. The second-order valence-corrected chi connectivity index (χ2v) is 15.3. The third-order valence-corrected chi connectivity index (χ3v) is 11.0. The number of sulfonamides is 1. The number of carbonyl (C=O) groups excluding carboxylic acids is 2. The van der Waals surface area contributed by atoms with Crippen molar-refractivity contribution in [2.24, 2.45) is 11.8 Å². The van der Waals surface area contributed by atoms with Crippen LogP contribution in [0, 0.1) is 11.8 Å². The number of ether oxygens (including phenoxy) is 4. The normalized spacial score (nSPS) is 21.7. The van der Waals surface area contributed by atoms with Crippen LogP contribution >= 0.6 is 0 Å². The van der Waals surface area contributed by atoms with E-state index in [1.165, 1.54) is 35.7 Å². The smallest absolute Gasteiger partial charge is 0.407 e. The number of carbonyl (C=O) groups is 2. The average molecular weight is 722 g/mol. The number of nitrogens with zero attached hydrogens (tertiary/aromatic N) is 1. The van der Waals surface area contributed by atoms with Gasteiger partial charge in [0.1, 0.15) is 6.10 Å². The molecular formula is C37H43N3O10S. The third kappa shape index (κ3) is 8.21. The first-order valence-electron chi connectivity index (χ1n) is 16.9. The Morgan fingerprint density at radius 3 is 2.63 bits per heavy atom. The molecule has 13 nitrogen and oxygen atoms in total. The molecule has 0 aromatic heterocycles. The number of anilines is 1. The lowest BCUT2D eigenvalue weighted by atomic mass is 10.0. The first-order chi connectivity index (χ1) is 24.4. The van der Waals surface area contributed by atoms with Crippen LogP contribution < -0.4 is 15.4 Å². The second kappa shape index (κ2) is 15.4. The lowest BCUT2D eigenvalue weighted by Crippen LogP contribution is -2.51. The Morgan fingerprint density at radius 2 is 1.88 bits per heavy atom. The molecule has 2 amide bonds. The minimum absolute atomic E-state index is 0.0597. The Morgan fingerprint density at radius 1 is 1.10 bits per heavy atom. The fourth-order valence-corrected chi connectivity index (χ4v) is 8.25. The molecule has 3 heterocycles. The molecule has 3 aliphatic rings. The van der Waals surface area contributed by atoms with E-state index in [9.17, 15) is 28.2 Å². The summed E-state index contributed by atoms with van der Waals surface area (Å²) in [5, 5.41) is 27.2. The highest BCUT2D eigenvalue weighted by molar-refractivity contribution is 7.89. The summed E-state index contributed by atoms with van der Waals surface area (Å²) >= 11 is 0. The first kappa shape index (κ1) is 36.3. The number of hydrogen-bond donors (Lipinski definition) is 4. The van der Waals surface area contributed by atoms with Crippen LogP contribution in [0.25, 0.3) is 11.6 Å². The average Bonchev–Trinajstić information content (AvgIpc) is 3.80. The molecule has 0 spiro atoms. The maximum Gasteiger partial charge on any atom is 0.407 e. The third-order valence-electron chi connectivity index (χ3n) is 9.20. The van der Waals surface area contributed by atoms with E-state index in [4.69, 9.17) is 18.9 Å². The molecule has 3 aliphatic heterocycles. The number of aliphatic hydroxyl groups excluding tert-OH is 1. The maximum absolute atomic E-state index is 14.3. The number of nitrogens with one attached hydrogen (secondary N) is 2. The molecular weight excluding hydrogens is 678 g/mol. The van der Waals surface area contributed by atoms with E-state index in [0.717, 1.165) is 5.56 Å². The van der Waals surface area contributed by atoms with Gasteiger partial charge >= 0.3 is 6.09 Å². The number of amides is 2. The Balaban J connectivity index is 1.25. The number of hydrogen-bond acceptors (Lipinski definition) is 10. The van der Waals surface area contributed by atoms with Gasteiger partial charge in [-0.05, 0) is 66.3 Å². The number of rotatable bonds is 13. The Bertz CT molecular complexity index is 1880. The van der Waals surface area contributed by atoms with Gasteiger partial charge in [-0.15, -0.1) is 0 Å². The van der Waals surface area contributed by atoms with Crippen molar-refractivity contribution in [3.63, 3.8) is 0 Å². The van der Waals surface area contributed by atoms with Crippen molar-refractivity contribution in [2.75, 3.05) is 38.7 Å². The van der Waals surface area contributed by atoms with E-state index in [2.05, 4.69) is 10.6 Å². The van der Waals surface area contributed by atoms with Gasteiger partial charge < -0.3 is 39.8 Å². The zero-order chi connectivity index (χ0) is 36.3. The molecule has 3 aromatic rings. The molecule has 0 radical (unpaired) electrons. The van der Waals surface area contributed by atoms with Crippen LogP contribution in [-0.2, 0) is 35.4 Å². The summed E-state index contributed by atoms with van der Waals surface area (Å²) in [6.07, 6.45) is -0.462. The molecule has 14 heteroatoms. The van der Waals surface area contributed by atoms with Crippen LogP contribution in [0.4, 0.5) is 10.5 Å². The van der Waals surface area contributed by atoms with Crippen LogP contribution in [-0.4, -0.2) is 92.9 Å². The molecule has 0 aliphatic carbocycles. The van der Waals surface area contributed by atoms with Crippen LogP contribution in [0.5, 0.6) is 11.5 Å². The van der Waals surface area contributed by atoms with E-state index in [1.807, 2.05) is 44.2 Å². The van der Waals surface area contributed by atoms with Gasteiger partial charge in [-0.1, -0.05) is 50.2 Å². The number of alkyl carbamates (subject to hydrolysis) is 1. The van der Waals surface area contributed by atoms with Crippen molar-refractivity contribution in [3.8, 4) is 11.5 Å². The van der Waals surface area contributed by atoms with E-state index in [1.54, 1.807) is 18.2 Å². The van der Waals surface area contributed by atoms with Gasteiger partial charge in [0, 0.05) is 29.9 Å². The predicted molar refractivity (Wildman–Crippen MR) is 188 cm³/mol. The highest BCUT2D eigenvalue weighted by Gasteiger charge is 2.44. The summed E-state index contributed by atoms with van der Waals surface area (Å²) < 4.78 is 51.9. The molecule has 272 valence electrons. The van der Waals surface area contributed by atoms with E-state index >= 15 is 0 Å². The molecule has 2 fully saturated rings. The SMILES string of the molecule is COc1cc(/C=C2\C(=O)Nc3ccc(S(=O)(=O)N(CC(C)C)C[C@@H](O)[C@H](Cc4ccccc4)NC(=O)O[C@H]4CO[C@H]5OCC[C@H]54)cc32)ccc1O. The highest BCUT2D eigenvalue weighted by Crippen LogP contribution is 2.37. The summed E-state index contributed by atoms with van der Waals surface area (Å²) in [6.45, 7) is 4.22. The lowest BCUT2D eigenvalue weighted by molar-refractivity contribution is -0.110. The minimum Gasteiger partial charge on any atom is -0.504 e. The van der Waals surface area contributed by atoms with E-state index in [-0.39, 0.29) is 59.9 Å². The fraction of sp³-hybridized carbons (Fsp3) is 0.405. The number of methoxy groups -OCH3 is 1. The van der Waals surface area contributed by atoms with Crippen LogP contribution in [0.2, 0.25) is 0 Å². The molecule has 0 bridgehead atoms. The van der Waals surface area contributed by atoms with Crippen molar-refractivity contribution in [3.05, 3.63) is 83.4 Å². The van der Waals surface area contributed by atoms with Gasteiger partial charge in [-0.3, -0.25) is 4.79 Å². The van der Waals surface area contributed by atoms with Crippen LogP contribution in [0.15, 0.2) is 71.6 Å². The minimum atomic E-state index is -4.23. The quantitative estimate of drug-likeness (QED) is 0.189. The fourth-order valence-electron chi connectivity index (χ4n) is 6.61. The Labute approximate surface area is 297 Å². The lowest BCUT2D eigenvalue weighted by Gasteiger charge is -2.31. The summed E-state index contributed by atoms with van der Waals surface area (Å²) in [7, 11) is -2.81. The van der Waals surface area contributed by atoms with E-state index < -0.39 is 46.6 Å². The van der Waals surface area contributed by atoms with Gasteiger partial charge in [-0.25, -0.2) is 13.2 Å². The number of phenolic OH excluding ortho intramolecular Hbond substituents is 1. The maximum atomic E-state index is 14.3. The molecule has 5 atom stereocenters. The van der Waals surface area contributed by atoms with Gasteiger partial charge in [0.2, 0.25) is 10.0 Å². The van der Waals surface area contributed by atoms with Crippen molar-refractivity contribution in [1.82, 2.24) is 9.62 Å². The first-order valence-corrected chi connectivity index (χ1v) is 18.3. The Hall–Kier alpha value is -4.47. The largest absolute Gasteiger partial charge is 0.504 e. The van der Waals surface area contributed by atoms with Gasteiger partial charge in [-0.2, -0.15) is 4.31 Å². The summed E-state index contributed by atoms with van der Waals surface area (Å²) in [5.41, 5.74) is 2.46. The molecule has 2 saturated heterocycles. The topological polar surface area (TPSA) is 173 Å². The summed E-state index contributed by atoms with van der Waals surface area (Å²) in [4.78, 5) is 26.1. The standard InChI is InChI=1S/C37H43N3O10S/c1-22(2)19-40(20-32(42)30(16-23-7-5-4-6-8-23)39-37(44)50-34-21-49-36-26(34)13-14-48-36)51(45,46)25-10-11-29-27(18-25)28(35(43)38-29)15-24-9-12-31(41)33(17-24)47-3/h4-12,15,17-18,22,26,30,32,34,36,41-42H,13-14,16,19-21H2,1-3H3,(H,38,43)(H,39,44)/b28-15-/t26-,30-,32+,34-,36+/m0/s1. The number of aliphatic hydroxyl groups is 1. The Kier molecular flexibility index (Phi) is 11.0. The van der Waals surface area contributed by atoms with Gasteiger partial charge in [0.15, 0.2) is 17.8 Å². The van der Waals surface area contributed by atoms with Crippen molar-refractivity contribution in [2.45, 2.75) is 56.1 Å². The monoisotopic (exact) mass is 721 g/mol. The predicted octanol–water partition coefficient (Wildman–Crippen LogP) is 4.00. The number of phenols is 1. The van der Waals surface area contributed by atoms with Crippen molar-refractivity contribution >= 4 is 39.4 Å². The molecule has 51 heavy (non-hydrogen) atoms. The number of aromatic hydroxyl groups is 1. The molecule has 3 aromatic carbocycles.